The standard InChI is InChI=1S/C14H15N5O2/c1-14(2,3)18-9-11(8-16-18)17-13-5-4-12(19(20)21)6-10(13)7-15/h4-6,8-9,17H,1-3H3. The molecule has 21 heavy (non-hydrogen) atoms. The fourth-order valence-electron chi connectivity index (χ4n) is 1.76. The van der Waals surface area contributed by atoms with Crippen LogP contribution in [0.5, 0.6) is 0 Å². The molecule has 2 aromatic rings. The summed E-state index contributed by atoms with van der Waals surface area (Å²) in [4.78, 5) is 10.2. The second kappa shape index (κ2) is 5.25. The lowest BCUT2D eigenvalue weighted by Crippen LogP contribution is -2.21. The molecule has 2 rings (SSSR count). The highest BCUT2D eigenvalue weighted by Gasteiger charge is 2.15. The van der Waals surface area contributed by atoms with E-state index in [0.717, 1.165) is 5.69 Å². The second-order valence-electron chi connectivity index (χ2n) is 5.57. The Hall–Kier alpha value is -2.88. The molecule has 1 aromatic carbocycles. The first-order valence-corrected chi connectivity index (χ1v) is 6.32. The van der Waals surface area contributed by atoms with Gasteiger partial charge in [-0.05, 0) is 26.8 Å². The maximum absolute atomic E-state index is 10.7. The number of hydrogen-bond acceptors (Lipinski definition) is 5. The summed E-state index contributed by atoms with van der Waals surface area (Å²) >= 11 is 0. The number of nitrogens with zero attached hydrogens (tertiary/aromatic N) is 4. The van der Waals surface area contributed by atoms with E-state index >= 15 is 0 Å². The van der Waals surface area contributed by atoms with Gasteiger partial charge in [0.15, 0.2) is 0 Å². The number of benzene rings is 1. The molecule has 7 nitrogen and oxygen atoms in total. The number of anilines is 2. The summed E-state index contributed by atoms with van der Waals surface area (Å²) in [6, 6.07) is 6.08. The van der Waals surface area contributed by atoms with Crippen LogP contribution < -0.4 is 5.32 Å². The van der Waals surface area contributed by atoms with Crippen LogP contribution >= 0.6 is 0 Å². The van der Waals surface area contributed by atoms with Gasteiger partial charge in [0.05, 0.1) is 33.6 Å². The summed E-state index contributed by atoms with van der Waals surface area (Å²) in [7, 11) is 0. The number of nitriles is 1. The van der Waals surface area contributed by atoms with Crippen LogP contribution in [0.2, 0.25) is 0 Å². The van der Waals surface area contributed by atoms with E-state index in [0.29, 0.717) is 5.69 Å². The molecule has 0 aliphatic heterocycles. The van der Waals surface area contributed by atoms with Gasteiger partial charge >= 0.3 is 0 Å². The van der Waals surface area contributed by atoms with Gasteiger partial charge < -0.3 is 5.32 Å². The molecule has 0 radical (unpaired) electrons. The Kier molecular flexibility index (Phi) is 3.63. The quantitative estimate of drug-likeness (QED) is 0.690. The van der Waals surface area contributed by atoms with Crippen molar-refractivity contribution in [3.63, 3.8) is 0 Å². The summed E-state index contributed by atoms with van der Waals surface area (Å²) in [6.07, 6.45) is 3.47. The van der Waals surface area contributed by atoms with Crippen LogP contribution in [-0.4, -0.2) is 14.7 Å². The number of aromatic nitrogens is 2. The topological polar surface area (TPSA) is 96.8 Å². The molecule has 0 aliphatic rings. The monoisotopic (exact) mass is 285 g/mol. The van der Waals surface area contributed by atoms with E-state index in [1.807, 2.05) is 33.0 Å². The molecular weight excluding hydrogens is 270 g/mol. The smallest absolute Gasteiger partial charge is 0.270 e. The van der Waals surface area contributed by atoms with Crippen LogP contribution in [0.3, 0.4) is 0 Å². The lowest BCUT2D eigenvalue weighted by molar-refractivity contribution is -0.384. The number of rotatable bonds is 3. The predicted molar refractivity (Wildman–Crippen MR) is 78.3 cm³/mol. The summed E-state index contributed by atoms with van der Waals surface area (Å²) in [6.45, 7) is 6.07. The summed E-state index contributed by atoms with van der Waals surface area (Å²) in [5.41, 5.74) is 1.19. The maximum atomic E-state index is 10.7. The Labute approximate surface area is 122 Å². The number of hydrogen-bond donors (Lipinski definition) is 1. The van der Waals surface area contributed by atoms with Crippen LogP contribution in [0.1, 0.15) is 26.3 Å². The molecule has 0 amide bonds. The molecule has 108 valence electrons. The highest BCUT2D eigenvalue weighted by atomic mass is 16.6. The minimum absolute atomic E-state index is 0.109. The second-order valence-corrected chi connectivity index (χ2v) is 5.57. The number of nitrogens with one attached hydrogen (secondary N) is 1. The Morgan fingerprint density at radius 3 is 2.67 bits per heavy atom. The van der Waals surface area contributed by atoms with Gasteiger partial charge in [0.2, 0.25) is 0 Å². The molecule has 0 atom stereocenters. The van der Waals surface area contributed by atoms with Crippen molar-refractivity contribution in [2.75, 3.05) is 5.32 Å². The maximum Gasteiger partial charge on any atom is 0.270 e. The molecular formula is C14H15N5O2. The third-order valence-corrected chi connectivity index (χ3v) is 2.88. The molecule has 0 saturated carbocycles. The van der Waals surface area contributed by atoms with Crippen LogP contribution in [0.25, 0.3) is 0 Å². The van der Waals surface area contributed by atoms with Gasteiger partial charge in [0, 0.05) is 18.3 Å². The van der Waals surface area contributed by atoms with E-state index in [1.165, 1.54) is 18.2 Å². The van der Waals surface area contributed by atoms with Gasteiger partial charge in [-0.25, -0.2) is 0 Å². The van der Waals surface area contributed by atoms with E-state index in [9.17, 15) is 10.1 Å². The fraction of sp³-hybridized carbons (Fsp3) is 0.286. The first-order chi connectivity index (χ1) is 9.81. The van der Waals surface area contributed by atoms with Crippen molar-refractivity contribution in [1.82, 2.24) is 9.78 Å². The lowest BCUT2D eigenvalue weighted by atomic mass is 10.1. The molecule has 1 N–H and O–H groups in total. The Morgan fingerprint density at radius 2 is 2.14 bits per heavy atom. The van der Waals surface area contributed by atoms with E-state index < -0.39 is 4.92 Å². The van der Waals surface area contributed by atoms with Crippen molar-refractivity contribution < 1.29 is 4.92 Å². The Balaban J connectivity index is 2.30. The van der Waals surface area contributed by atoms with Gasteiger partial charge in [-0.15, -0.1) is 0 Å². The zero-order valence-corrected chi connectivity index (χ0v) is 12.0. The fourth-order valence-corrected chi connectivity index (χ4v) is 1.76. The van der Waals surface area contributed by atoms with Gasteiger partial charge in [-0.2, -0.15) is 10.4 Å². The van der Waals surface area contributed by atoms with Gasteiger partial charge in [-0.1, -0.05) is 0 Å². The Bertz CT molecular complexity index is 722. The van der Waals surface area contributed by atoms with Crippen molar-refractivity contribution >= 4 is 17.1 Å². The van der Waals surface area contributed by atoms with Gasteiger partial charge in [0.1, 0.15) is 6.07 Å². The largest absolute Gasteiger partial charge is 0.352 e. The first-order valence-electron chi connectivity index (χ1n) is 6.32. The molecule has 1 aromatic heterocycles. The number of non-ortho nitro benzene ring substituents is 1. The van der Waals surface area contributed by atoms with Crippen molar-refractivity contribution in [2.24, 2.45) is 0 Å². The number of nitro benzene ring substituents is 1. The van der Waals surface area contributed by atoms with Gasteiger partial charge in [-0.3, -0.25) is 14.8 Å². The molecule has 0 saturated heterocycles. The van der Waals surface area contributed by atoms with Crippen LogP contribution in [0.15, 0.2) is 30.6 Å². The van der Waals surface area contributed by atoms with E-state index in [2.05, 4.69) is 10.4 Å². The highest BCUT2D eigenvalue weighted by molar-refractivity contribution is 5.67. The SMILES string of the molecule is CC(C)(C)n1cc(Nc2ccc([N+](=O)[O-])cc2C#N)cn1. The third-order valence-electron chi connectivity index (χ3n) is 2.88. The molecule has 0 bridgehead atoms. The first kappa shape index (κ1) is 14.5. The average molecular weight is 285 g/mol. The summed E-state index contributed by atoms with van der Waals surface area (Å²) in [5, 5.41) is 27.1. The minimum Gasteiger partial charge on any atom is -0.352 e. The summed E-state index contributed by atoms with van der Waals surface area (Å²) < 4.78 is 1.80. The predicted octanol–water partition coefficient (Wildman–Crippen LogP) is 3.16. The zero-order valence-electron chi connectivity index (χ0n) is 12.0. The average Bonchev–Trinajstić information content (AvgIpc) is 2.87. The molecule has 7 heteroatoms. The van der Waals surface area contributed by atoms with Crippen LogP contribution in [-0.2, 0) is 5.54 Å². The van der Waals surface area contributed by atoms with Crippen molar-refractivity contribution in [3.05, 3.63) is 46.3 Å². The molecule has 0 aliphatic carbocycles. The normalized spacial score (nSPS) is 11.0. The molecule has 1 heterocycles. The van der Waals surface area contributed by atoms with Crippen molar-refractivity contribution in [3.8, 4) is 6.07 Å². The van der Waals surface area contributed by atoms with Crippen molar-refractivity contribution in [1.29, 1.82) is 5.26 Å². The van der Waals surface area contributed by atoms with E-state index in [1.54, 1.807) is 10.9 Å². The van der Waals surface area contributed by atoms with E-state index in [-0.39, 0.29) is 16.8 Å². The zero-order chi connectivity index (χ0) is 15.6. The van der Waals surface area contributed by atoms with Crippen LogP contribution in [0, 0.1) is 21.4 Å². The van der Waals surface area contributed by atoms with Crippen molar-refractivity contribution in [2.45, 2.75) is 26.3 Å². The van der Waals surface area contributed by atoms with Crippen LogP contribution in [0.4, 0.5) is 17.1 Å². The minimum atomic E-state index is -0.526. The highest BCUT2D eigenvalue weighted by Crippen LogP contribution is 2.25. The summed E-state index contributed by atoms with van der Waals surface area (Å²) in [5.74, 6) is 0. The molecule has 0 unspecified atom stereocenters. The third kappa shape index (κ3) is 3.17. The molecule has 0 spiro atoms. The lowest BCUT2D eigenvalue weighted by Gasteiger charge is -2.18. The Morgan fingerprint density at radius 1 is 1.43 bits per heavy atom. The molecule has 0 fully saturated rings. The number of nitro groups is 1. The van der Waals surface area contributed by atoms with E-state index in [4.69, 9.17) is 5.26 Å². The van der Waals surface area contributed by atoms with Gasteiger partial charge in [0.25, 0.3) is 5.69 Å².